The lowest BCUT2D eigenvalue weighted by Crippen LogP contribution is -2.16. The van der Waals surface area contributed by atoms with E-state index in [2.05, 4.69) is 31.4 Å². The van der Waals surface area contributed by atoms with Crippen LogP contribution in [0.2, 0.25) is 0 Å². The van der Waals surface area contributed by atoms with Crippen molar-refractivity contribution in [3.63, 3.8) is 0 Å². The van der Waals surface area contributed by atoms with Gasteiger partial charge < -0.3 is 9.88 Å². The van der Waals surface area contributed by atoms with E-state index in [4.69, 9.17) is 0 Å². The van der Waals surface area contributed by atoms with E-state index in [-0.39, 0.29) is 17.5 Å². The zero-order valence-electron chi connectivity index (χ0n) is 17.6. The van der Waals surface area contributed by atoms with Gasteiger partial charge in [-0.1, -0.05) is 39.8 Å². The van der Waals surface area contributed by atoms with Crippen molar-refractivity contribution in [2.45, 2.75) is 44.0 Å². The number of amides is 1. The van der Waals surface area contributed by atoms with Crippen LogP contribution in [-0.2, 0) is 22.8 Å². The number of halogens is 2. The Morgan fingerprint density at radius 3 is 2.55 bits per heavy atom. The van der Waals surface area contributed by atoms with Crippen LogP contribution < -0.4 is 5.32 Å². The SMILES string of the molecule is CCn1c(CSCc2ccc(F)cc2)nnc1SCC(=O)Nc1ccc(Br)c(C)c1C. The van der Waals surface area contributed by atoms with Crippen LogP contribution in [0.5, 0.6) is 0 Å². The Kier molecular flexibility index (Phi) is 8.57. The second kappa shape index (κ2) is 11.2. The molecule has 1 heterocycles. The Bertz CT molecular complexity index is 1060. The molecule has 3 aromatic rings. The Hall–Kier alpha value is -1.84. The maximum Gasteiger partial charge on any atom is 0.234 e. The van der Waals surface area contributed by atoms with Crippen molar-refractivity contribution in [1.82, 2.24) is 14.8 Å². The fourth-order valence-electron chi connectivity index (χ4n) is 2.93. The Labute approximate surface area is 198 Å². The van der Waals surface area contributed by atoms with Gasteiger partial charge in [0.25, 0.3) is 0 Å². The smallest absolute Gasteiger partial charge is 0.234 e. The topological polar surface area (TPSA) is 59.8 Å². The normalized spacial score (nSPS) is 11.0. The minimum absolute atomic E-state index is 0.0762. The van der Waals surface area contributed by atoms with Crippen LogP contribution in [0.1, 0.15) is 29.4 Å². The fraction of sp³-hybridized carbons (Fsp3) is 0.318. The maximum atomic E-state index is 13.0. The molecule has 0 fully saturated rings. The van der Waals surface area contributed by atoms with Crippen LogP contribution in [0.4, 0.5) is 10.1 Å². The lowest BCUT2D eigenvalue weighted by atomic mass is 10.1. The van der Waals surface area contributed by atoms with Crippen molar-refractivity contribution in [2.75, 3.05) is 11.1 Å². The van der Waals surface area contributed by atoms with E-state index in [1.165, 1.54) is 23.9 Å². The van der Waals surface area contributed by atoms with Crippen LogP contribution in [0.25, 0.3) is 0 Å². The lowest BCUT2D eigenvalue weighted by Gasteiger charge is -2.12. The molecule has 31 heavy (non-hydrogen) atoms. The zero-order chi connectivity index (χ0) is 22.4. The van der Waals surface area contributed by atoms with Gasteiger partial charge in [0.05, 0.1) is 11.5 Å². The number of hydrogen-bond acceptors (Lipinski definition) is 5. The highest BCUT2D eigenvalue weighted by Gasteiger charge is 2.14. The van der Waals surface area contributed by atoms with Crippen molar-refractivity contribution in [1.29, 1.82) is 0 Å². The van der Waals surface area contributed by atoms with E-state index in [1.807, 2.05) is 37.5 Å². The summed E-state index contributed by atoms with van der Waals surface area (Å²) in [5, 5.41) is 12.3. The van der Waals surface area contributed by atoms with E-state index >= 15 is 0 Å². The van der Waals surface area contributed by atoms with Crippen LogP contribution in [0, 0.1) is 19.7 Å². The second-order valence-corrected chi connectivity index (χ2v) is 9.73. The summed E-state index contributed by atoms with van der Waals surface area (Å²) in [5.74, 6) is 2.30. The third-order valence-electron chi connectivity index (χ3n) is 4.85. The van der Waals surface area contributed by atoms with E-state index < -0.39 is 0 Å². The minimum Gasteiger partial charge on any atom is -0.325 e. The summed E-state index contributed by atoms with van der Waals surface area (Å²) >= 11 is 6.59. The second-order valence-electron chi connectivity index (χ2n) is 6.94. The number of carbonyl (C=O) groups is 1. The van der Waals surface area contributed by atoms with E-state index in [0.29, 0.717) is 5.75 Å². The number of aromatic nitrogens is 3. The minimum atomic E-state index is -0.226. The van der Waals surface area contributed by atoms with Gasteiger partial charge in [-0.3, -0.25) is 4.79 Å². The molecule has 0 saturated carbocycles. The summed E-state index contributed by atoms with van der Waals surface area (Å²) in [5.41, 5.74) is 4.05. The average Bonchev–Trinajstić information content (AvgIpc) is 3.16. The summed E-state index contributed by atoms with van der Waals surface area (Å²) in [6.07, 6.45) is 0. The largest absolute Gasteiger partial charge is 0.325 e. The molecule has 1 amide bonds. The molecular weight excluding hydrogens is 499 g/mol. The molecule has 0 bridgehead atoms. The molecule has 0 unspecified atom stereocenters. The number of benzene rings is 2. The Morgan fingerprint density at radius 1 is 1.10 bits per heavy atom. The van der Waals surface area contributed by atoms with Crippen molar-refractivity contribution in [3.8, 4) is 0 Å². The average molecular weight is 523 g/mol. The van der Waals surface area contributed by atoms with Gasteiger partial charge in [0.2, 0.25) is 5.91 Å². The molecule has 0 aliphatic carbocycles. The summed E-state index contributed by atoms with van der Waals surface area (Å²) in [7, 11) is 0. The zero-order valence-corrected chi connectivity index (χ0v) is 20.8. The predicted molar refractivity (Wildman–Crippen MR) is 130 cm³/mol. The fourth-order valence-corrected chi connectivity index (χ4v) is 5.11. The third kappa shape index (κ3) is 6.33. The first-order valence-electron chi connectivity index (χ1n) is 9.81. The molecule has 3 rings (SSSR count). The van der Waals surface area contributed by atoms with Crippen LogP contribution >= 0.6 is 39.5 Å². The molecule has 0 radical (unpaired) electrons. The van der Waals surface area contributed by atoms with Crippen LogP contribution in [0.3, 0.4) is 0 Å². The predicted octanol–water partition coefficient (Wildman–Crippen LogP) is 5.98. The third-order valence-corrected chi connectivity index (χ3v) is 7.68. The van der Waals surface area contributed by atoms with Crippen LogP contribution in [-0.4, -0.2) is 26.4 Å². The highest BCUT2D eigenvalue weighted by Crippen LogP contribution is 2.26. The van der Waals surface area contributed by atoms with Crippen LogP contribution in [0.15, 0.2) is 46.0 Å². The van der Waals surface area contributed by atoms with Gasteiger partial charge in [0, 0.05) is 22.5 Å². The van der Waals surface area contributed by atoms with Crippen molar-refractivity contribution in [3.05, 3.63) is 69.2 Å². The van der Waals surface area contributed by atoms with Crippen molar-refractivity contribution in [2.24, 2.45) is 0 Å². The molecule has 164 valence electrons. The van der Waals surface area contributed by atoms with Crippen molar-refractivity contribution < 1.29 is 9.18 Å². The standard InChI is InChI=1S/C22H24BrFN4OS2/c1-4-28-20(12-30-11-16-5-7-17(24)8-6-16)26-27-22(28)31-13-21(29)25-19-10-9-18(23)14(2)15(19)3/h5-10H,4,11-13H2,1-3H3,(H,25,29). The quantitative estimate of drug-likeness (QED) is 0.350. The molecule has 0 atom stereocenters. The van der Waals surface area contributed by atoms with Gasteiger partial charge in [-0.15, -0.1) is 22.0 Å². The molecule has 9 heteroatoms. The van der Waals surface area contributed by atoms with Gasteiger partial charge in [-0.25, -0.2) is 4.39 Å². The number of anilines is 1. The molecule has 5 nitrogen and oxygen atoms in total. The molecule has 0 aliphatic heterocycles. The first kappa shape index (κ1) is 23.8. The van der Waals surface area contributed by atoms with Gasteiger partial charge in [0.1, 0.15) is 11.6 Å². The number of rotatable bonds is 9. The van der Waals surface area contributed by atoms with Gasteiger partial charge in [-0.2, -0.15) is 0 Å². The molecular formula is C22H24BrFN4OS2. The summed E-state index contributed by atoms with van der Waals surface area (Å²) in [6, 6.07) is 10.4. The van der Waals surface area contributed by atoms with Gasteiger partial charge in [-0.05, 0) is 61.7 Å². The van der Waals surface area contributed by atoms with E-state index in [9.17, 15) is 9.18 Å². The number of thioether (sulfide) groups is 2. The summed E-state index contributed by atoms with van der Waals surface area (Å²) in [4.78, 5) is 12.5. The highest BCUT2D eigenvalue weighted by atomic mass is 79.9. The number of nitrogens with zero attached hydrogens (tertiary/aromatic N) is 3. The van der Waals surface area contributed by atoms with Gasteiger partial charge >= 0.3 is 0 Å². The molecule has 1 aromatic heterocycles. The Morgan fingerprint density at radius 2 is 1.84 bits per heavy atom. The monoisotopic (exact) mass is 522 g/mol. The maximum absolute atomic E-state index is 13.0. The van der Waals surface area contributed by atoms with E-state index in [0.717, 1.165) is 50.1 Å². The highest BCUT2D eigenvalue weighted by molar-refractivity contribution is 9.10. The summed E-state index contributed by atoms with van der Waals surface area (Å²) < 4.78 is 16.1. The number of nitrogens with one attached hydrogen (secondary N) is 1. The molecule has 0 spiro atoms. The molecule has 2 aromatic carbocycles. The first-order chi connectivity index (χ1) is 14.9. The Balaban J connectivity index is 1.54. The molecule has 0 saturated heterocycles. The first-order valence-corrected chi connectivity index (χ1v) is 12.7. The lowest BCUT2D eigenvalue weighted by molar-refractivity contribution is -0.113. The summed E-state index contributed by atoms with van der Waals surface area (Å²) in [6.45, 7) is 6.78. The molecule has 0 aliphatic rings. The van der Waals surface area contributed by atoms with E-state index in [1.54, 1.807) is 23.9 Å². The van der Waals surface area contributed by atoms with Gasteiger partial charge in [0.15, 0.2) is 5.16 Å². The molecule has 1 N–H and O–H groups in total. The number of hydrogen-bond donors (Lipinski definition) is 1. The van der Waals surface area contributed by atoms with Crippen molar-refractivity contribution >= 4 is 51.0 Å². The number of carbonyl (C=O) groups excluding carboxylic acids is 1.